The van der Waals surface area contributed by atoms with Crippen LogP contribution in [-0.4, -0.2) is 61.3 Å². The molecule has 8 nitrogen and oxygen atoms in total. The Kier molecular flexibility index (Phi) is 8.16. The van der Waals surface area contributed by atoms with E-state index >= 15 is 0 Å². The van der Waals surface area contributed by atoms with Crippen LogP contribution in [0.2, 0.25) is 0 Å². The summed E-state index contributed by atoms with van der Waals surface area (Å²) in [7, 11) is 1.60. The number of aromatic nitrogens is 1. The molecule has 2 heterocycles. The Bertz CT molecular complexity index is 915. The number of esters is 1. The van der Waals surface area contributed by atoms with Crippen LogP contribution in [-0.2, 0) is 20.8 Å². The summed E-state index contributed by atoms with van der Waals surface area (Å²) in [6, 6.07) is 7.10. The van der Waals surface area contributed by atoms with Crippen molar-refractivity contribution in [1.29, 1.82) is 0 Å². The maximum absolute atomic E-state index is 13.1. The van der Waals surface area contributed by atoms with Gasteiger partial charge in [-0.3, -0.25) is 4.79 Å². The van der Waals surface area contributed by atoms with Crippen LogP contribution in [0.15, 0.2) is 24.3 Å². The molecule has 0 unspecified atom stereocenters. The number of benzene rings is 1. The molecule has 0 aliphatic carbocycles. The predicted octanol–water partition coefficient (Wildman–Crippen LogP) is 3.40. The summed E-state index contributed by atoms with van der Waals surface area (Å²) >= 11 is 0. The number of aryl methyl sites for hydroxylation is 1. The summed E-state index contributed by atoms with van der Waals surface area (Å²) < 4.78 is 21.8. The number of aromatic amines is 1. The molecule has 2 aromatic rings. The highest BCUT2D eigenvalue weighted by molar-refractivity contribution is 5.90. The van der Waals surface area contributed by atoms with Crippen LogP contribution < -0.4 is 9.47 Å². The lowest BCUT2D eigenvalue weighted by Gasteiger charge is -2.26. The van der Waals surface area contributed by atoms with Crippen LogP contribution in [0.25, 0.3) is 0 Å². The molecule has 1 N–H and O–H groups in total. The van der Waals surface area contributed by atoms with Gasteiger partial charge in [0.1, 0.15) is 17.2 Å². The monoisotopic (exact) mass is 444 g/mol. The molecule has 1 aromatic heterocycles. The minimum atomic E-state index is -0.390. The largest absolute Gasteiger partial charge is 0.497 e. The zero-order valence-electron chi connectivity index (χ0n) is 19.2. The van der Waals surface area contributed by atoms with Crippen molar-refractivity contribution in [1.82, 2.24) is 9.88 Å². The van der Waals surface area contributed by atoms with Gasteiger partial charge in [0.05, 0.1) is 19.8 Å². The van der Waals surface area contributed by atoms with Crippen molar-refractivity contribution in [3.63, 3.8) is 0 Å². The molecule has 174 valence electrons. The smallest absolute Gasteiger partial charge is 0.355 e. The number of methoxy groups -OCH3 is 1. The third-order valence-corrected chi connectivity index (χ3v) is 5.64. The topological polar surface area (TPSA) is 90.1 Å². The number of amides is 1. The Morgan fingerprint density at radius 1 is 1.19 bits per heavy atom. The SMILES string of the molecule is CCOC(=O)c1[nH]c(C)c(CN(C[C@H]2CCCO2)C(=O)COc2ccc(OC)cc2)c1C. The Labute approximate surface area is 188 Å². The molecule has 0 saturated carbocycles. The number of H-pyrrole nitrogens is 1. The van der Waals surface area contributed by atoms with Crippen LogP contribution in [0.1, 0.15) is 47.1 Å². The van der Waals surface area contributed by atoms with E-state index < -0.39 is 0 Å². The zero-order valence-corrected chi connectivity index (χ0v) is 19.2. The molecule has 0 bridgehead atoms. The first kappa shape index (κ1) is 23.7. The van der Waals surface area contributed by atoms with Gasteiger partial charge in [0.25, 0.3) is 5.91 Å². The van der Waals surface area contributed by atoms with E-state index in [0.717, 1.165) is 35.4 Å². The van der Waals surface area contributed by atoms with Gasteiger partial charge in [0.2, 0.25) is 0 Å². The maximum atomic E-state index is 13.1. The number of nitrogens with one attached hydrogen (secondary N) is 1. The van der Waals surface area contributed by atoms with Gasteiger partial charge in [-0.05, 0) is 69.0 Å². The lowest BCUT2D eigenvalue weighted by molar-refractivity contribution is -0.135. The molecule has 3 rings (SSSR count). The van der Waals surface area contributed by atoms with Crippen molar-refractivity contribution >= 4 is 11.9 Å². The minimum Gasteiger partial charge on any atom is -0.497 e. The lowest BCUT2D eigenvalue weighted by atomic mass is 10.1. The molecule has 0 radical (unpaired) electrons. The first-order valence-electron chi connectivity index (χ1n) is 10.9. The summed E-state index contributed by atoms with van der Waals surface area (Å²) in [6.45, 7) is 7.30. The van der Waals surface area contributed by atoms with Gasteiger partial charge in [0, 0.05) is 25.4 Å². The number of carbonyl (C=O) groups excluding carboxylic acids is 2. The first-order chi connectivity index (χ1) is 15.4. The first-order valence-corrected chi connectivity index (χ1v) is 10.9. The van der Waals surface area contributed by atoms with Crippen molar-refractivity contribution in [2.24, 2.45) is 0 Å². The van der Waals surface area contributed by atoms with Crippen LogP contribution in [0.3, 0.4) is 0 Å². The summed E-state index contributed by atoms with van der Waals surface area (Å²) in [5, 5.41) is 0. The second-order valence-electron chi connectivity index (χ2n) is 7.82. The van der Waals surface area contributed by atoms with Gasteiger partial charge in [0.15, 0.2) is 6.61 Å². The van der Waals surface area contributed by atoms with E-state index in [-0.39, 0.29) is 24.6 Å². The molecule has 0 spiro atoms. The molecule has 1 amide bonds. The minimum absolute atomic E-state index is 0.00372. The number of ether oxygens (including phenoxy) is 4. The standard InChI is InChI=1S/C24H32N2O6/c1-5-30-24(28)23-16(2)21(17(3)25-23)14-26(13-20-7-6-12-31-20)22(27)15-32-19-10-8-18(29-4)9-11-19/h8-11,20,25H,5-7,12-15H2,1-4H3/t20-/m1/s1. The van der Waals surface area contributed by atoms with Crippen LogP contribution in [0, 0.1) is 13.8 Å². The molecule has 1 aliphatic heterocycles. The average Bonchev–Trinajstić information content (AvgIpc) is 3.40. The lowest BCUT2D eigenvalue weighted by Crippen LogP contribution is -2.39. The van der Waals surface area contributed by atoms with E-state index in [1.54, 1.807) is 43.2 Å². The molecule has 1 saturated heterocycles. The van der Waals surface area contributed by atoms with Crippen molar-refractivity contribution in [2.75, 3.05) is 33.5 Å². The van der Waals surface area contributed by atoms with Crippen molar-refractivity contribution in [2.45, 2.75) is 46.3 Å². The average molecular weight is 445 g/mol. The second-order valence-corrected chi connectivity index (χ2v) is 7.82. The highest BCUT2D eigenvalue weighted by Crippen LogP contribution is 2.23. The molecule has 1 atom stereocenters. The Morgan fingerprint density at radius 3 is 2.53 bits per heavy atom. The molecule has 1 aromatic carbocycles. The maximum Gasteiger partial charge on any atom is 0.355 e. The number of hydrogen-bond acceptors (Lipinski definition) is 6. The van der Waals surface area contributed by atoms with E-state index in [4.69, 9.17) is 18.9 Å². The van der Waals surface area contributed by atoms with Gasteiger partial charge in [-0.1, -0.05) is 0 Å². The van der Waals surface area contributed by atoms with Gasteiger partial charge >= 0.3 is 5.97 Å². The fourth-order valence-corrected chi connectivity index (χ4v) is 3.82. The van der Waals surface area contributed by atoms with E-state index in [1.807, 2.05) is 13.8 Å². The van der Waals surface area contributed by atoms with Gasteiger partial charge in [-0.2, -0.15) is 0 Å². The molecular weight excluding hydrogens is 412 g/mol. The highest BCUT2D eigenvalue weighted by atomic mass is 16.5. The highest BCUT2D eigenvalue weighted by Gasteiger charge is 2.26. The fraction of sp³-hybridized carbons (Fsp3) is 0.500. The van der Waals surface area contributed by atoms with Crippen molar-refractivity contribution < 1.29 is 28.5 Å². The summed E-state index contributed by atoms with van der Waals surface area (Å²) in [5.74, 6) is 0.780. The zero-order chi connectivity index (χ0) is 23.1. The fourth-order valence-electron chi connectivity index (χ4n) is 3.82. The Morgan fingerprint density at radius 2 is 1.91 bits per heavy atom. The third kappa shape index (κ3) is 5.82. The quantitative estimate of drug-likeness (QED) is 0.565. The van der Waals surface area contributed by atoms with E-state index in [0.29, 0.717) is 37.7 Å². The summed E-state index contributed by atoms with van der Waals surface area (Å²) in [4.78, 5) is 30.2. The normalized spacial score (nSPS) is 15.4. The molecule has 8 heteroatoms. The van der Waals surface area contributed by atoms with Crippen molar-refractivity contribution in [3.05, 3.63) is 46.8 Å². The molecular formula is C24H32N2O6. The molecule has 1 fully saturated rings. The number of hydrogen-bond donors (Lipinski definition) is 1. The Balaban J connectivity index is 1.73. The van der Waals surface area contributed by atoms with E-state index in [1.165, 1.54) is 0 Å². The van der Waals surface area contributed by atoms with Gasteiger partial charge < -0.3 is 28.8 Å². The third-order valence-electron chi connectivity index (χ3n) is 5.64. The van der Waals surface area contributed by atoms with E-state index in [2.05, 4.69) is 4.98 Å². The van der Waals surface area contributed by atoms with Crippen LogP contribution >= 0.6 is 0 Å². The number of rotatable bonds is 10. The summed E-state index contributed by atoms with van der Waals surface area (Å²) in [6.07, 6.45) is 1.91. The van der Waals surface area contributed by atoms with Crippen molar-refractivity contribution in [3.8, 4) is 11.5 Å². The van der Waals surface area contributed by atoms with Gasteiger partial charge in [-0.15, -0.1) is 0 Å². The molecule has 32 heavy (non-hydrogen) atoms. The Hall–Kier alpha value is -3.00. The van der Waals surface area contributed by atoms with Gasteiger partial charge in [-0.25, -0.2) is 4.79 Å². The number of carbonyl (C=O) groups is 2. The summed E-state index contributed by atoms with van der Waals surface area (Å²) in [5.41, 5.74) is 2.97. The second kappa shape index (κ2) is 11.0. The number of nitrogens with zero attached hydrogens (tertiary/aromatic N) is 1. The van der Waals surface area contributed by atoms with E-state index in [9.17, 15) is 9.59 Å². The van der Waals surface area contributed by atoms with Crippen LogP contribution in [0.5, 0.6) is 11.5 Å². The molecule has 1 aliphatic rings. The van der Waals surface area contributed by atoms with Crippen LogP contribution in [0.4, 0.5) is 0 Å². The predicted molar refractivity (Wildman–Crippen MR) is 119 cm³/mol.